The molecule has 1 amide bonds. The lowest BCUT2D eigenvalue weighted by atomic mass is 10.2. The van der Waals surface area contributed by atoms with Crippen LogP contribution < -0.4 is 14.8 Å². The fourth-order valence-electron chi connectivity index (χ4n) is 2.34. The van der Waals surface area contributed by atoms with E-state index >= 15 is 0 Å². The second-order valence-electron chi connectivity index (χ2n) is 5.97. The molecule has 0 radical (unpaired) electrons. The molecule has 6 heteroatoms. The standard InChI is InChI=1S/C21H25NO5/c1-4-19(27-18-8-6-5-7-9-18)21(24)26-15(2)20(23)22-14-16-10-12-17(25-3)13-11-16/h5-13,15,19H,4,14H2,1-3H3,(H,22,23)/t15-,19+/m0/s1. The lowest BCUT2D eigenvalue weighted by Gasteiger charge is -2.19. The first-order valence-electron chi connectivity index (χ1n) is 8.86. The molecule has 2 rings (SSSR count). The summed E-state index contributed by atoms with van der Waals surface area (Å²) in [7, 11) is 1.60. The van der Waals surface area contributed by atoms with Crippen molar-refractivity contribution in [1.82, 2.24) is 5.32 Å². The van der Waals surface area contributed by atoms with Crippen LogP contribution in [0.3, 0.4) is 0 Å². The molecular weight excluding hydrogens is 346 g/mol. The van der Waals surface area contributed by atoms with Crippen molar-refractivity contribution in [2.75, 3.05) is 7.11 Å². The molecule has 1 N–H and O–H groups in total. The fourth-order valence-corrected chi connectivity index (χ4v) is 2.34. The van der Waals surface area contributed by atoms with E-state index in [1.54, 1.807) is 19.2 Å². The summed E-state index contributed by atoms with van der Waals surface area (Å²) in [4.78, 5) is 24.5. The molecule has 2 aromatic rings. The van der Waals surface area contributed by atoms with Crippen molar-refractivity contribution in [2.45, 2.75) is 39.0 Å². The van der Waals surface area contributed by atoms with E-state index in [2.05, 4.69) is 5.32 Å². The van der Waals surface area contributed by atoms with Gasteiger partial charge in [-0.25, -0.2) is 4.79 Å². The van der Waals surface area contributed by atoms with Crippen LogP contribution >= 0.6 is 0 Å². The van der Waals surface area contributed by atoms with Crippen molar-refractivity contribution in [3.8, 4) is 11.5 Å². The molecule has 0 aliphatic rings. The zero-order chi connectivity index (χ0) is 19.6. The van der Waals surface area contributed by atoms with Gasteiger partial charge in [0.1, 0.15) is 11.5 Å². The number of para-hydroxylation sites is 1. The van der Waals surface area contributed by atoms with Crippen LogP contribution in [0, 0.1) is 0 Å². The number of hydrogen-bond acceptors (Lipinski definition) is 5. The van der Waals surface area contributed by atoms with Crippen LogP contribution in [0.5, 0.6) is 11.5 Å². The number of methoxy groups -OCH3 is 1. The van der Waals surface area contributed by atoms with E-state index < -0.39 is 18.2 Å². The van der Waals surface area contributed by atoms with Gasteiger partial charge >= 0.3 is 5.97 Å². The molecule has 6 nitrogen and oxygen atoms in total. The van der Waals surface area contributed by atoms with Crippen molar-refractivity contribution in [3.05, 3.63) is 60.2 Å². The maximum atomic E-state index is 12.3. The highest BCUT2D eigenvalue weighted by molar-refractivity contribution is 5.84. The summed E-state index contributed by atoms with van der Waals surface area (Å²) in [6.45, 7) is 3.70. The molecule has 0 unspecified atom stereocenters. The van der Waals surface area contributed by atoms with Gasteiger partial charge in [-0.2, -0.15) is 0 Å². The van der Waals surface area contributed by atoms with E-state index in [1.807, 2.05) is 49.4 Å². The number of benzene rings is 2. The van der Waals surface area contributed by atoms with E-state index in [4.69, 9.17) is 14.2 Å². The third-order valence-corrected chi connectivity index (χ3v) is 3.94. The van der Waals surface area contributed by atoms with Crippen LogP contribution in [-0.2, 0) is 20.9 Å². The SMILES string of the molecule is CC[C@@H](Oc1ccccc1)C(=O)O[C@@H](C)C(=O)NCc1ccc(OC)cc1. The Bertz CT molecular complexity index is 730. The Morgan fingerprint density at radius 2 is 1.67 bits per heavy atom. The number of rotatable bonds is 9. The summed E-state index contributed by atoms with van der Waals surface area (Å²) in [6.07, 6.45) is -1.23. The summed E-state index contributed by atoms with van der Waals surface area (Å²) < 4.78 is 16.0. The van der Waals surface area contributed by atoms with E-state index in [1.165, 1.54) is 6.92 Å². The predicted octanol–water partition coefficient (Wildman–Crippen LogP) is 3.10. The summed E-state index contributed by atoms with van der Waals surface area (Å²) in [5, 5.41) is 2.75. The Labute approximate surface area is 159 Å². The molecule has 0 bridgehead atoms. The third kappa shape index (κ3) is 6.33. The highest BCUT2D eigenvalue weighted by Gasteiger charge is 2.25. The van der Waals surface area contributed by atoms with Gasteiger partial charge in [-0.3, -0.25) is 4.79 Å². The maximum absolute atomic E-state index is 12.3. The Kier molecular flexibility index (Phi) is 7.67. The van der Waals surface area contributed by atoms with Crippen LogP contribution in [0.15, 0.2) is 54.6 Å². The van der Waals surface area contributed by atoms with Crippen LogP contribution in [0.4, 0.5) is 0 Å². The molecule has 0 spiro atoms. The van der Waals surface area contributed by atoms with Crippen LogP contribution in [0.1, 0.15) is 25.8 Å². The number of hydrogen-bond donors (Lipinski definition) is 1. The smallest absolute Gasteiger partial charge is 0.348 e. The van der Waals surface area contributed by atoms with Crippen molar-refractivity contribution in [2.24, 2.45) is 0 Å². The number of carbonyl (C=O) groups is 2. The van der Waals surface area contributed by atoms with Gasteiger partial charge in [-0.1, -0.05) is 37.3 Å². The number of carbonyl (C=O) groups excluding carboxylic acids is 2. The van der Waals surface area contributed by atoms with E-state index in [0.717, 1.165) is 11.3 Å². The molecule has 0 fully saturated rings. The van der Waals surface area contributed by atoms with E-state index in [9.17, 15) is 9.59 Å². The van der Waals surface area contributed by atoms with Gasteiger partial charge < -0.3 is 19.5 Å². The average molecular weight is 371 g/mol. The fraction of sp³-hybridized carbons (Fsp3) is 0.333. The van der Waals surface area contributed by atoms with Crippen molar-refractivity contribution in [1.29, 1.82) is 0 Å². The quantitative estimate of drug-likeness (QED) is 0.686. The second kappa shape index (κ2) is 10.2. The largest absolute Gasteiger partial charge is 0.497 e. The van der Waals surface area contributed by atoms with Gasteiger partial charge in [-0.15, -0.1) is 0 Å². The van der Waals surface area contributed by atoms with Crippen LogP contribution in [0.2, 0.25) is 0 Å². The first-order valence-corrected chi connectivity index (χ1v) is 8.86. The van der Waals surface area contributed by atoms with Crippen LogP contribution in [-0.4, -0.2) is 31.2 Å². The van der Waals surface area contributed by atoms with Gasteiger partial charge in [0.05, 0.1) is 7.11 Å². The second-order valence-corrected chi connectivity index (χ2v) is 5.97. The number of nitrogens with one attached hydrogen (secondary N) is 1. The number of esters is 1. The van der Waals surface area contributed by atoms with Gasteiger partial charge in [0.25, 0.3) is 5.91 Å². The summed E-state index contributed by atoms with van der Waals surface area (Å²) in [6, 6.07) is 16.4. The van der Waals surface area contributed by atoms with Gasteiger partial charge in [-0.05, 0) is 43.2 Å². The molecule has 2 aromatic carbocycles. The van der Waals surface area contributed by atoms with E-state index in [0.29, 0.717) is 18.7 Å². The molecular formula is C21H25NO5. The Morgan fingerprint density at radius 3 is 2.26 bits per heavy atom. The number of amides is 1. The Morgan fingerprint density at radius 1 is 1.00 bits per heavy atom. The molecule has 0 heterocycles. The molecule has 2 atom stereocenters. The van der Waals surface area contributed by atoms with Gasteiger partial charge in [0.2, 0.25) is 0 Å². The maximum Gasteiger partial charge on any atom is 0.348 e. The molecule has 144 valence electrons. The molecule has 0 aliphatic heterocycles. The minimum absolute atomic E-state index is 0.336. The molecule has 0 saturated heterocycles. The summed E-state index contributed by atoms with van der Waals surface area (Å²) in [5.74, 6) is 0.400. The predicted molar refractivity (Wildman–Crippen MR) is 102 cm³/mol. The van der Waals surface area contributed by atoms with Crippen molar-refractivity contribution in [3.63, 3.8) is 0 Å². The third-order valence-electron chi connectivity index (χ3n) is 3.94. The minimum Gasteiger partial charge on any atom is -0.497 e. The summed E-state index contributed by atoms with van der Waals surface area (Å²) >= 11 is 0. The van der Waals surface area contributed by atoms with Crippen molar-refractivity contribution < 1.29 is 23.8 Å². The highest BCUT2D eigenvalue weighted by Crippen LogP contribution is 2.14. The number of ether oxygens (including phenoxy) is 3. The lowest BCUT2D eigenvalue weighted by Crippen LogP contribution is -2.39. The first-order chi connectivity index (χ1) is 13.0. The Balaban J connectivity index is 1.83. The highest BCUT2D eigenvalue weighted by atomic mass is 16.6. The zero-order valence-corrected chi connectivity index (χ0v) is 15.8. The normalized spacial score (nSPS) is 12.6. The first kappa shape index (κ1) is 20.3. The lowest BCUT2D eigenvalue weighted by molar-refractivity contribution is -0.161. The van der Waals surface area contributed by atoms with Gasteiger partial charge in [0, 0.05) is 6.54 Å². The summed E-state index contributed by atoms with van der Waals surface area (Å²) in [5.41, 5.74) is 0.918. The monoisotopic (exact) mass is 371 g/mol. The van der Waals surface area contributed by atoms with Crippen molar-refractivity contribution >= 4 is 11.9 Å². The van der Waals surface area contributed by atoms with E-state index in [-0.39, 0.29) is 5.91 Å². The molecule has 0 aliphatic carbocycles. The minimum atomic E-state index is -0.913. The average Bonchev–Trinajstić information content (AvgIpc) is 2.71. The van der Waals surface area contributed by atoms with Crippen LogP contribution in [0.25, 0.3) is 0 Å². The Hall–Kier alpha value is -3.02. The molecule has 0 saturated carbocycles. The topological polar surface area (TPSA) is 73.9 Å². The molecule has 27 heavy (non-hydrogen) atoms. The molecule has 0 aromatic heterocycles. The van der Waals surface area contributed by atoms with Gasteiger partial charge in [0.15, 0.2) is 12.2 Å². The zero-order valence-electron chi connectivity index (χ0n) is 15.8.